The molecule has 31 heavy (non-hydrogen) atoms. The van der Waals surface area contributed by atoms with Crippen LogP contribution in [0.15, 0.2) is 23.7 Å². The summed E-state index contributed by atoms with van der Waals surface area (Å²) in [7, 11) is 0. The number of rotatable bonds is 16. The van der Waals surface area contributed by atoms with Gasteiger partial charge in [0.2, 0.25) is 10.2 Å². The van der Waals surface area contributed by atoms with E-state index in [1.807, 2.05) is 0 Å². The normalized spacial score (nSPS) is 25.8. The molecule has 0 aliphatic carbocycles. The standard InChI is InChI=1S/C26H42O3S2/c1-5-7-9-11-13-15-17-25(3)21(19-23(27)30-25)29-22-20-24(28)31-26(22,4)18-16-14-12-10-8-6-2/h19-20H,5-18H2,1-4H3. The van der Waals surface area contributed by atoms with Crippen molar-refractivity contribution in [3.63, 3.8) is 0 Å². The second-order valence-electron chi connectivity index (χ2n) is 9.46. The van der Waals surface area contributed by atoms with Gasteiger partial charge in [0.15, 0.2) is 0 Å². The molecule has 2 aliphatic heterocycles. The third kappa shape index (κ3) is 8.31. The third-order valence-electron chi connectivity index (χ3n) is 6.43. The molecule has 0 aromatic carbocycles. The molecule has 0 saturated carbocycles. The first-order chi connectivity index (χ1) is 14.8. The highest BCUT2D eigenvalue weighted by atomic mass is 32.2. The van der Waals surface area contributed by atoms with Gasteiger partial charge in [-0.1, -0.05) is 114 Å². The minimum absolute atomic E-state index is 0.0682. The Morgan fingerprint density at radius 3 is 1.39 bits per heavy atom. The van der Waals surface area contributed by atoms with E-state index in [-0.39, 0.29) is 19.7 Å². The predicted octanol–water partition coefficient (Wildman–Crippen LogP) is 8.34. The maximum atomic E-state index is 12.3. The molecule has 0 bridgehead atoms. The lowest BCUT2D eigenvalue weighted by Gasteiger charge is -2.31. The fourth-order valence-corrected chi connectivity index (χ4v) is 6.47. The molecular weight excluding hydrogens is 424 g/mol. The average Bonchev–Trinajstić information content (AvgIpc) is 3.15. The molecule has 2 heterocycles. The Hall–Kier alpha value is -0.680. The van der Waals surface area contributed by atoms with Crippen LogP contribution in [0.2, 0.25) is 0 Å². The van der Waals surface area contributed by atoms with Crippen LogP contribution in [0.25, 0.3) is 0 Å². The van der Waals surface area contributed by atoms with Crippen LogP contribution >= 0.6 is 23.5 Å². The van der Waals surface area contributed by atoms with Crippen molar-refractivity contribution < 1.29 is 14.3 Å². The summed E-state index contributed by atoms with van der Waals surface area (Å²) in [4.78, 5) is 24.5. The van der Waals surface area contributed by atoms with Crippen LogP contribution in [0.4, 0.5) is 0 Å². The van der Waals surface area contributed by atoms with E-state index in [9.17, 15) is 9.59 Å². The van der Waals surface area contributed by atoms with E-state index < -0.39 is 0 Å². The summed E-state index contributed by atoms with van der Waals surface area (Å²) in [6, 6.07) is 0. The molecule has 0 radical (unpaired) electrons. The molecular formula is C26H42O3S2. The molecule has 2 aliphatic rings. The van der Waals surface area contributed by atoms with Gasteiger partial charge < -0.3 is 4.74 Å². The van der Waals surface area contributed by atoms with Crippen molar-refractivity contribution in [3.05, 3.63) is 23.7 Å². The Morgan fingerprint density at radius 1 is 0.645 bits per heavy atom. The van der Waals surface area contributed by atoms with Crippen LogP contribution in [0, 0.1) is 0 Å². The number of carbonyl (C=O) groups excluding carboxylic acids is 2. The summed E-state index contributed by atoms with van der Waals surface area (Å²) in [5.41, 5.74) is 0. The van der Waals surface area contributed by atoms with Gasteiger partial charge in [-0.25, -0.2) is 0 Å². The first kappa shape index (κ1) is 26.6. The molecule has 0 spiro atoms. The molecule has 2 atom stereocenters. The van der Waals surface area contributed by atoms with E-state index in [0.29, 0.717) is 0 Å². The van der Waals surface area contributed by atoms with Gasteiger partial charge in [-0.05, 0) is 26.7 Å². The zero-order valence-corrected chi connectivity index (χ0v) is 21.7. The topological polar surface area (TPSA) is 43.4 Å². The minimum atomic E-state index is -0.319. The first-order valence-corrected chi connectivity index (χ1v) is 14.0. The molecule has 0 amide bonds. The Morgan fingerprint density at radius 2 is 1.00 bits per heavy atom. The molecule has 0 N–H and O–H groups in total. The third-order valence-corrected chi connectivity index (χ3v) is 8.78. The van der Waals surface area contributed by atoms with Crippen LogP contribution in [-0.2, 0) is 14.3 Å². The maximum absolute atomic E-state index is 12.3. The van der Waals surface area contributed by atoms with E-state index in [1.54, 1.807) is 12.2 Å². The zero-order chi connectivity index (χ0) is 22.7. The van der Waals surface area contributed by atoms with Crippen molar-refractivity contribution in [1.29, 1.82) is 0 Å². The van der Waals surface area contributed by atoms with Crippen molar-refractivity contribution in [2.75, 3.05) is 0 Å². The summed E-state index contributed by atoms with van der Waals surface area (Å²) in [5.74, 6) is 1.48. The summed E-state index contributed by atoms with van der Waals surface area (Å²) in [6.07, 6.45) is 20.0. The lowest BCUT2D eigenvalue weighted by molar-refractivity contribution is -0.107. The van der Waals surface area contributed by atoms with Crippen molar-refractivity contribution in [2.45, 2.75) is 127 Å². The molecule has 0 aromatic heterocycles. The van der Waals surface area contributed by atoms with Crippen LogP contribution in [-0.4, -0.2) is 19.7 Å². The average molecular weight is 467 g/mol. The Balaban J connectivity index is 1.92. The summed E-state index contributed by atoms with van der Waals surface area (Å²) in [5, 5.41) is 0.136. The molecule has 0 saturated heterocycles. The molecule has 0 fully saturated rings. The van der Waals surface area contributed by atoms with Crippen LogP contribution in [0.1, 0.15) is 118 Å². The maximum Gasteiger partial charge on any atom is 0.216 e. The predicted molar refractivity (Wildman–Crippen MR) is 135 cm³/mol. The molecule has 5 heteroatoms. The van der Waals surface area contributed by atoms with Crippen molar-refractivity contribution in [1.82, 2.24) is 0 Å². The number of hydrogen-bond donors (Lipinski definition) is 0. The van der Waals surface area contributed by atoms with Gasteiger partial charge in [-0.15, -0.1) is 0 Å². The van der Waals surface area contributed by atoms with E-state index in [0.717, 1.165) is 37.2 Å². The highest BCUT2D eigenvalue weighted by Gasteiger charge is 2.44. The van der Waals surface area contributed by atoms with Crippen molar-refractivity contribution in [2.24, 2.45) is 0 Å². The number of hydrogen-bond acceptors (Lipinski definition) is 5. The number of unbranched alkanes of at least 4 members (excludes halogenated alkanes) is 10. The number of ether oxygens (including phenoxy) is 1. The largest absolute Gasteiger partial charge is 0.463 e. The summed E-state index contributed by atoms with van der Waals surface area (Å²) < 4.78 is 5.74. The SMILES string of the molecule is CCCCCCCCC1(C)SC(=O)C=C1OC1=CC(=O)SC1(C)CCCCCCCC. The molecule has 2 rings (SSSR count). The Bertz CT molecular complexity index is 614. The van der Waals surface area contributed by atoms with Gasteiger partial charge in [-0.3, -0.25) is 9.59 Å². The quantitative estimate of drug-likeness (QED) is 0.214. The van der Waals surface area contributed by atoms with Gasteiger partial charge >= 0.3 is 0 Å². The number of thioether (sulfide) groups is 2. The second-order valence-corrected chi connectivity index (χ2v) is 12.5. The Labute approximate surface area is 198 Å². The second kappa shape index (κ2) is 13.1. The molecule has 0 aromatic rings. The Kier molecular flexibility index (Phi) is 11.3. The van der Waals surface area contributed by atoms with E-state index in [2.05, 4.69) is 27.7 Å². The lowest BCUT2D eigenvalue weighted by Crippen LogP contribution is -2.27. The first-order valence-electron chi connectivity index (χ1n) is 12.4. The van der Waals surface area contributed by atoms with Crippen molar-refractivity contribution >= 4 is 33.8 Å². The van der Waals surface area contributed by atoms with Crippen LogP contribution in [0.3, 0.4) is 0 Å². The van der Waals surface area contributed by atoms with Crippen LogP contribution < -0.4 is 0 Å². The summed E-state index contributed by atoms with van der Waals surface area (Å²) in [6.45, 7) is 8.71. The van der Waals surface area contributed by atoms with Crippen molar-refractivity contribution in [3.8, 4) is 0 Å². The lowest BCUT2D eigenvalue weighted by atomic mass is 9.97. The number of carbonyl (C=O) groups is 2. The molecule has 3 nitrogen and oxygen atoms in total. The van der Waals surface area contributed by atoms with Gasteiger partial charge in [-0.2, -0.15) is 0 Å². The fraction of sp³-hybridized carbons (Fsp3) is 0.769. The van der Waals surface area contributed by atoms with Gasteiger partial charge in [0.05, 0.1) is 9.49 Å². The van der Waals surface area contributed by atoms with E-state index in [1.165, 1.54) is 87.7 Å². The minimum Gasteiger partial charge on any atom is -0.463 e. The highest BCUT2D eigenvalue weighted by Crippen LogP contribution is 2.50. The zero-order valence-electron chi connectivity index (χ0n) is 20.1. The monoisotopic (exact) mass is 466 g/mol. The van der Waals surface area contributed by atoms with Gasteiger partial charge in [0.25, 0.3) is 0 Å². The van der Waals surface area contributed by atoms with Gasteiger partial charge in [0, 0.05) is 12.2 Å². The fourth-order valence-electron chi connectivity index (χ4n) is 4.35. The van der Waals surface area contributed by atoms with Gasteiger partial charge in [0.1, 0.15) is 11.5 Å². The highest BCUT2D eigenvalue weighted by molar-refractivity contribution is 8.16. The molecule has 2 unspecified atom stereocenters. The smallest absolute Gasteiger partial charge is 0.216 e. The van der Waals surface area contributed by atoms with E-state index >= 15 is 0 Å². The summed E-state index contributed by atoms with van der Waals surface area (Å²) >= 11 is 2.76. The van der Waals surface area contributed by atoms with Crippen LogP contribution in [0.5, 0.6) is 0 Å². The van der Waals surface area contributed by atoms with E-state index in [4.69, 9.17) is 4.74 Å². The molecule has 176 valence electrons.